The molecule has 4 N–H and O–H groups in total. The Labute approximate surface area is 269 Å². The smallest absolute Gasteiger partial charge is 0.306 e. The molecule has 0 aliphatic carbocycles. The van der Waals surface area contributed by atoms with Gasteiger partial charge in [0.15, 0.2) is 12.4 Å². The van der Waals surface area contributed by atoms with Crippen LogP contribution in [0.15, 0.2) is 60.8 Å². The van der Waals surface area contributed by atoms with E-state index in [0.717, 1.165) is 51.4 Å². The van der Waals surface area contributed by atoms with Crippen LogP contribution < -0.4 is 0 Å². The monoisotopic (exact) mass is 636 g/mol. The van der Waals surface area contributed by atoms with Gasteiger partial charge >= 0.3 is 11.9 Å². The van der Waals surface area contributed by atoms with Crippen LogP contribution in [-0.4, -0.2) is 89.0 Å². The summed E-state index contributed by atoms with van der Waals surface area (Å²) in [4.78, 5) is 24.9. The molecule has 3 unspecified atom stereocenters. The lowest BCUT2D eigenvalue weighted by Gasteiger charge is -2.39. The van der Waals surface area contributed by atoms with E-state index in [2.05, 4.69) is 44.2 Å². The molecule has 6 atom stereocenters. The van der Waals surface area contributed by atoms with Crippen LogP contribution in [-0.2, 0) is 28.5 Å². The number of hydrogen-bond donors (Lipinski definition) is 4. The lowest BCUT2D eigenvalue weighted by Crippen LogP contribution is -2.59. The predicted octanol–water partition coefficient (Wildman–Crippen LogP) is 4.76. The number of rotatable bonds is 24. The zero-order valence-electron chi connectivity index (χ0n) is 27.1. The Bertz CT molecular complexity index is 923. The lowest BCUT2D eigenvalue weighted by atomic mass is 9.99. The van der Waals surface area contributed by atoms with E-state index in [1.807, 2.05) is 30.4 Å². The molecule has 0 aromatic heterocycles. The maximum absolute atomic E-state index is 12.6. The molecule has 0 bridgehead atoms. The van der Waals surface area contributed by atoms with Crippen LogP contribution in [0.1, 0.15) is 90.9 Å². The fourth-order valence-corrected chi connectivity index (χ4v) is 4.36. The topological polar surface area (TPSA) is 152 Å². The second-order valence-electron chi connectivity index (χ2n) is 10.9. The highest BCUT2D eigenvalue weighted by Crippen LogP contribution is 2.22. The van der Waals surface area contributed by atoms with Crippen LogP contribution in [0, 0.1) is 0 Å². The second-order valence-corrected chi connectivity index (χ2v) is 10.9. The molecule has 1 rings (SSSR count). The van der Waals surface area contributed by atoms with Gasteiger partial charge in [0.2, 0.25) is 0 Å². The molecular weight excluding hydrogens is 580 g/mol. The van der Waals surface area contributed by atoms with Crippen molar-refractivity contribution in [2.75, 3.05) is 19.8 Å². The van der Waals surface area contributed by atoms with Crippen molar-refractivity contribution in [1.29, 1.82) is 0 Å². The number of unbranched alkanes of at least 4 members (excludes halogenated alkanes) is 5. The molecule has 0 aromatic carbocycles. The number of aliphatic hydroxyl groups excluding tert-OH is 4. The van der Waals surface area contributed by atoms with Crippen molar-refractivity contribution in [1.82, 2.24) is 0 Å². The number of ether oxygens (including phenoxy) is 4. The average molecular weight is 637 g/mol. The molecule has 0 saturated carbocycles. The average Bonchev–Trinajstić information content (AvgIpc) is 3.03. The zero-order chi connectivity index (χ0) is 33.1. The molecule has 0 aromatic rings. The van der Waals surface area contributed by atoms with Gasteiger partial charge in [-0.25, -0.2) is 0 Å². The Balaban J connectivity index is 2.50. The number of carbonyl (C=O) groups is 2. The molecule has 256 valence electrons. The van der Waals surface area contributed by atoms with Crippen molar-refractivity contribution in [2.45, 2.75) is 128 Å². The number of carbonyl (C=O) groups excluding carboxylic acids is 2. The Morgan fingerprint density at radius 3 is 2.13 bits per heavy atom. The third kappa shape index (κ3) is 19.5. The molecule has 1 fully saturated rings. The van der Waals surface area contributed by atoms with Gasteiger partial charge < -0.3 is 39.4 Å². The summed E-state index contributed by atoms with van der Waals surface area (Å²) in [6.45, 7) is 2.99. The first kappa shape index (κ1) is 40.4. The molecule has 1 heterocycles. The van der Waals surface area contributed by atoms with Crippen LogP contribution in [0.25, 0.3) is 0 Å². The van der Waals surface area contributed by atoms with Crippen molar-refractivity contribution < 1.29 is 49.0 Å². The lowest BCUT2D eigenvalue weighted by molar-refractivity contribution is -0.305. The van der Waals surface area contributed by atoms with Gasteiger partial charge in [-0.2, -0.15) is 0 Å². The van der Waals surface area contributed by atoms with E-state index in [-0.39, 0.29) is 26.1 Å². The van der Waals surface area contributed by atoms with E-state index in [1.54, 1.807) is 0 Å². The molecule has 10 nitrogen and oxygen atoms in total. The Hall–Kier alpha value is -2.60. The van der Waals surface area contributed by atoms with Crippen LogP contribution >= 0.6 is 0 Å². The molecular formula is C35H56O10. The molecule has 0 amide bonds. The van der Waals surface area contributed by atoms with Crippen molar-refractivity contribution in [2.24, 2.45) is 0 Å². The van der Waals surface area contributed by atoms with Gasteiger partial charge in [0.25, 0.3) is 0 Å². The van der Waals surface area contributed by atoms with Crippen LogP contribution in [0.4, 0.5) is 0 Å². The molecule has 1 aliphatic heterocycles. The summed E-state index contributed by atoms with van der Waals surface area (Å²) in [5, 5.41) is 39.7. The van der Waals surface area contributed by atoms with Crippen LogP contribution in [0.5, 0.6) is 0 Å². The highest BCUT2D eigenvalue weighted by molar-refractivity contribution is 5.70. The summed E-state index contributed by atoms with van der Waals surface area (Å²) in [6, 6.07) is 0. The van der Waals surface area contributed by atoms with Crippen molar-refractivity contribution in [3.63, 3.8) is 0 Å². The number of esters is 2. The second kappa shape index (κ2) is 26.6. The number of hydrogen-bond acceptors (Lipinski definition) is 10. The van der Waals surface area contributed by atoms with Gasteiger partial charge in [0, 0.05) is 12.8 Å². The van der Waals surface area contributed by atoms with E-state index >= 15 is 0 Å². The fourth-order valence-electron chi connectivity index (χ4n) is 4.36. The highest BCUT2D eigenvalue weighted by atomic mass is 16.7. The van der Waals surface area contributed by atoms with Crippen molar-refractivity contribution in [3.8, 4) is 0 Å². The third-order valence-corrected chi connectivity index (χ3v) is 6.97. The fraction of sp³-hybridized carbons (Fsp3) is 0.657. The minimum atomic E-state index is -1.61. The van der Waals surface area contributed by atoms with E-state index in [4.69, 9.17) is 18.9 Å². The molecule has 1 saturated heterocycles. The van der Waals surface area contributed by atoms with Crippen LogP contribution in [0.2, 0.25) is 0 Å². The van der Waals surface area contributed by atoms with Crippen molar-refractivity contribution >= 4 is 11.9 Å². The summed E-state index contributed by atoms with van der Waals surface area (Å²) < 4.78 is 21.8. The van der Waals surface area contributed by atoms with Crippen molar-refractivity contribution in [3.05, 3.63) is 60.8 Å². The molecule has 10 heteroatoms. The first-order valence-electron chi connectivity index (χ1n) is 16.4. The zero-order valence-corrected chi connectivity index (χ0v) is 27.1. The predicted molar refractivity (Wildman–Crippen MR) is 173 cm³/mol. The molecule has 0 spiro atoms. The standard InChI is InChI=1S/C35H56O10/c1-3-5-7-9-11-12-13-14-15-16-18-20-22-24-31(38)44-28(26-42-30(37)23-21-19-17-10-8-6-4-2)27-43-35-34(41)33(40)32(39)29(25-36)45-35/h5-9,11-13,17,19,28-29,32-36,39-41H,3-4,10,14-16,18,20-27H2,1-2H3/b7-5+,8-6+,11-9+,13-12+,19-17+/t28?,29-,32+,33?,34?,35-/m0/s1. The van der Waals surface area contributed by atoms with Gasteiger partial charge in [-0.15, -0.1) is 0 Å². The Morgan fingerprint density at radius 2 is 1.40 bits per heavy atom. The quantitative estimate of drug-likeness (QED) is 0.0505. The summed E-state index contributed by atoms with van der Waals surface area (Å²) >= 11 is 0. The van der Waals surface area contributed by atoms with Crippen LogP contribution in [0.3, 0.4) is 0 Å². The summed E-state index contributed by atoms with van der Waals surface area (Å²) in [5.41, 5.74) is 0. The summed E-state index contributed by atoms with van der Waals surface area (Å²) in [6.07, 6.45) is 21.4. The largest absolute Gasteiger partial charge is 0.462 e. The molecule has 0 radical (unpaired) electrons. The first-order valence-corrected chi connectivity index (χ1v) is 16.4. The number of aliphatic hydroxyl groups is 4. The highest BCUT2D eigenvalue weighted by Gasteiger charge is 2.44. The van der Waals surface area contributed by atoms with E-state index in [9.17, 15) is 30.0 Å². The SMILES string of the molecule is CC/C=C/C=C/C=C/CCCCCCCC(=O)OC(COC(=O)CC/C=C/C/C=C/CC)CO[C@H]1O[C@@H](CO)[C@@H](O)C(O)C1O. The maximum atomic E-state index is 12.6. The first-order chi connectivity index (χ1) is 21.8. The Kier molecular flexibility index (Phi) is 23.9. The molecule has 1 aliphatic rings. The van der Waals surface area contributed by atoms with E-state index in [0.29, 0.717) is 12.8 Å². The summed E-state index contributed by atoms with van der Waals surface area (Å²) in [5.74, 6) is -0.930. The van der Waals surface area contributed by atoms with Gasteiger partial charge in [-0.1, -0.05) is 93.9 Å². The normalized spacial score (nSPS) is 23.2. The van der Waals surface area contributed by atoms with E-state index in [1.165, 1.54) is 0 Å². The maximum Gasteiger partial charge on any atom is 0.306 e. The number of allylic oxidation sites excluding steroid dienone is 10. The summed E-state index contributed by atoms with van der Waals surface area (Å²) in [7, 11) is 0. The Morgan fingerprint density at radius 1 is 0.711 bits per heavy atom. The van der Waals surface area contributed by atoms with Gasteiger partial charge in [0.05, 0.1) is 13.2 Å². The minimum Gasteiger partial charge on any atom is -0.462 e. The third-order valence-electron chi connectivity index (χ3n) is 6.97. The van der Waals surface area contributed by atoms with Gasteiger partial charge in [-0.3, -0.25) is 9.59 Å². The van der Waals surface area contributed by atoms with E-state index < -0.39 is 55.4 Å². The van der Waals surface area contributed by atoms with Gasteiger partial charge in [-0.05, 0) is 44.9 Å². The minimum absolute atomic E-state index is 0.158. The van der Waals surface area contributed by atoms with Gasteiger partial charge in [0.1, 0.15) is 31.0 Å². The molecule has 45 heavy (non-hydrogen) atoms.